The Morgan fingerprint density at radius 2 is 1.64 bits per heavy atom. The van der Waals surface area contributed by atoms with E-state index in [0.29, 0.717) is 50.6 Å². The Labute approximate surface area is 352 Å². The quantitative estimate of drug-likeness (QED) is 0.122. The van der Waals surface area contributed by atoms with Crippen LogP contribution in [-0.4, -0.2) is 129 Å². The molecule has 0 radical (unpaired) electrons. The highest BCUT2D eigenvalue weighted by Gasteiger charge is 2.44. The third kappa shape index (κ3) is 7.81. The van der Waals surface area contributed by atoms with Gasteiger partial charge in [0.1, 0.15) is 47.3 Å². The van der Waals surface area contributed by atoms with E-state index in [1.807, 2.05) is 64.2 Å². The molecule has 3 aromatic carbocycles. The molecule has 3 amide bonds. The minimum Gasteiger partial charge on any atom is -0.457 e. The van der Waals surface area contributed by atoms with Crippen LogP contribution >= 0.6 is 0 Å². The Morgan fingerprint density at radius 3 is 2.34 bits per heavy atom. The normalized spacial score (nSPS) is 19.2. The van der Waals surface area contributed by atoms with Crippen LogP contribution in [0, 0.1) is 0 Å². The zero-order valence-corrected chi connectivity index (χ0v) is 34.1. The molecule has 61 heavy (non-hydrogen) atoms. The maximum atomic E-state index is 16.3. The van der Waals surface area contributed by atoms with Crippen LogP contribution in [0.15, 0.2) is 79.1 Å². The molecule has 3 saturated heterocycles. The van der Waals surface area contributed by atoms with E-state index >= 15 is 4.39 Å². The van der Waals surface area contributed by atoms with Gasteiger partial charge in [0.15, 0.2) is 5.65 Å². The lowest BCUT2D eigenvalue weighted by atomic mass is 9.90. The average Bonchev–Trinajstić information content (AvgIpc) is 3.78. The van der Waals surface area contributed by atoms with Gasteiger partial charge in [-0.1, -0.05) is 18.2 Å². The molecule has 9 rings (SSSR count). The smallest absolute Gasteiger partial charge is 0.262 e. The summed E-state index contributed by atoms with van der Waals surface area (Å²) in [5.74, 6) is 0.257. The zero-order valence-electron chi connectivity index (χ0n) is 34.1. The molecule has 2 aromatic heterocycles. The van der Waals surface area contributed by atoms with Crippen molar-refractivity contribution in [2.75, 3.05) is 63.5 Å². The summed E-state index contributed by atoms with van der Waals surface area (Å²) in [5, 5.41) is 8.32. The number of nitrogens with two attached hydrogens (primary N) is 1. The largest absolute Gasteiger partial charge is 0.457 e. The van der Waals surface area contributed by atoms with Gasteiger partial charge in [-0.2, -0.15) is 5.10 Å². The number of nitrogen functional groups attached to an aromatic ring is 1. The molecular weight excluding hydrogens is 780 g/mol. The first-order valence-electron chi connectivity index (χ1n) is 21.0. The molecule has 0 spiro atoms. The number of hydrogen-bond donors (Lipinski definition) is 2. The van der Waals surface area contributed by atoms with Crippen LogP contribution in [0.3, 0.4) is 0 Å². The summed E-state index contributed by atoms with van der Waals surface area (Å²) in [4.78, 5) is 67.0. The molecule has 4 aliphatic heterocycles. The minimum absolute atomic E-state index is 0.0372. The molecule has 1 atom stereocenters. The molecule has 16 heteroatoms. The third-order valence-corrected chi connectivity index (χ3v) is 12.8. The number of piperidine rings is 2. The lowest BCUT2D eigenvalue weighted by Crippen LogP contribution is -2.63. The number of fused-ring (bicyclic) bond motifs is 2. The van der Waals surface area contributed by atoms with Crippen molar-refractivity contribution < 1.29 is 28.3 Å². The van der Waals surface area contributed by atoms with Crippen molar-refractivity contribution in [2.24, 2.45) is 0 Å². The standard InChI is InChI=1S/C45H49FN10O5/c1-48-42(58)37(8-5-23-57)55-43(59)35-14-11-31(24-36(35)44(55)60)54-21-17-45(46,18-22-54)27-52-25-32(26-52)53-19-15-30(16-20-53)56-41-38(40(47)49-28-50-41)39(51-56)29-9-12-34(13-10-29)61-33-6-3-2-4-7-33/h2-4,6-7,9-14,23-24,28,30,32,37H,5,8,15-22,25-27H2,1H3,(H,48,58)(H2,47,49,50). The number of imide groups is 1. The number of ether oxygens (including phenoxy) is 1. The van der Waals surface area contributed by atoms with Crippen molar-refractivity contribution in [3.05, 3.63) is 90.3 Å². The number of likely N-dealkylation sites (N-methyl/N-ethyl adjacent to an activating group) is 1. The molecule has 1 unspecified atom stereocenters. The maximum Gasteiger partial charge on any atom is 0.262 e. The number of amides is 3. The van der Waals surface area contributed by atoms with Gasteiger partial charge in [-0.3, -0.25) is 29.1 Å². The fraction of sp³-hybridized carbons (Fsp3) is 0.400. The van der Waals surface area contributed by atoms with Crippen molar-refractivity contribution in [1.82, 2.24) is 39.8 Å². The van der Waals surface area contributed by atoms with Crippen LogP contribution in [0.2, 0.25) is 0 Å². The van der Waals surface area contributed by atoms with Gasteiger partial charge in [0.05, 0.1) is 22.6 Å². The highest BCUT2D eigenvalue weighted by molar-refractivity contribution is 6.23. The van der Waals surface area contributed by atoms with Crippen molar-refractivity contribution in [3.8, 4) is 22.8 Å². The van der Waals surface area contributed by atoms with E-state index in [4.69, 9.17) is 15.6 Å². The summed E-state index contributed by atoms with van der Waals surface area (Å²) >= 11 is 0. The van der Waals surface area contributed by atoms with Crippen LogP contribution < -0.4 is 20.7 Å². The van der Waals surface area contributed by atoms with Crippen molar-refractivity contribution in [3.63, 3.8) is 0 Å². The number of aldehydes is 1. The number of halogens is 1. The Hall–Kier alpha value is -6.26. The topological polar surface area (TPSA) is 172 Å². The number of rotatable bonds is 13. The third-order valence-electron chi connectivity index (χ3n) is 12.8. The van der Waals surface area contributed by atoms with E-state index in [1.165, 1.54) is 13.4 Å². The van der Waals surface area contributed by atoms with E-state index in [9.17, 15) is 19.2 Å². The first-order chi connectivity index (χ1) is 29.6. The number of nitrogens with one attached hydrogen (secondary N) is 1. The summed E-state index contributed by atoms with van der Waals surface area (Å²) in [6, 6.07) is 22.0. The summed E-state index contributed by atoms with van der Waals surface area (Å²) in [6.45, 7) is 4.78. The fourth-order valence-electron chi connectivity index (χ4n) is 9.38. The number of aromatic nitrogens is 4. The number of alkyl halides is 1. The van der Waals surface area contributed by atoms with Gasteiger partial charge in [-0.05, 0) is 73.9 Å². The van der Waals surface area contributed by atoms with Crippen LogP contribution in [0.4, 0.5) is 15.9 Å². The van der Waals surface area contributed by atoms with Crippen molar-refractivity contribution >= 4 is 46.5 Å². The second-order valence-electron chi connectivity index (χ2n) is 16.5. The maximum absolute atomic E-state index is 16.3. The molecule has 0 saturated carbocycles. The summed E-state index contributed by atoms with van der Waals surface area (Å²) in [7, 11) is 1.43. The SMILES string of the molecule is CNC(=O)C(CCC=O)N1C(=O)c2ccc(N3CCC(F)(CN4CC(N5CCC(n6nc(-c7ccc(Oc8ccccc8)cc7)c7c(N)ncnc76)CC5)C4)CC3)cc2C1=O. The monoisotopic (exact) mass is 828 g/mol. The average molecular weight is 829 g/mol. The predicted molar refractivity (Wildman–Crippen MR) is 227 cm³/mol. The number of para-hydroxylation sites is 1. The molecule has 5 aromatic rings. The van der Waals surface area contributed by atoms with Gasteiger partial charge in [0.2, 0.25) is 5.91 Å². The Balaban J connectivity index is 0.773. The highest BCUT2D eigenvalue weighted by Crippen LogP contribution is 2.38. The van der Waals surface area contributed by atoms with E-state index in [1.54, 1.807) is 18.2 Å². The molecule has 0 aliphatic carbocycles. The number of hydrogen-bond acceptors (Lipinski definition) is 12. The van der Waals surface area contributed by atoms with Gasteiger partial charge >= 0.3 is 0 Å². The van der Waals surface area contributed by atoms with E-state index in [-0.39, 0.29) is 30.0 Å². The number of nitrogens with zero attached hydrogens (tertiary/aromatic N) is 8. The van der Waals surface area contributed by atoms with Crippen LogP contribution in [0.1, 0.15) is 65.3 Å². The number of carbonyl (C=O) groups is 4. The summed E-state index contributed by atoms with van der Waals surface area (Å²) in [5.41, 5.74) is 8.65. The minimum atomic E-state index is -1.33. The van der Waals surface area contributed by atoms with E-state index < -0.39 is 29.4 Å². The first-order valence-corrected chi connectivity index (χ1v) is 21.0. The fourth-order valence-corrected chi connectivity index (χ4v) is 9.38. The highest BCUT2D eigenvalue weighted by atomic mass is 19.1. The molecule has 3 fully saturated rings. The Bertz CT molecular complexity index is 2440. The summed E-state index contributed by atoms with van der Waals surface area (Å²) < 4.78 is 24.3. The first kappa shape index (κ1) is 40.2. The lowest BCUT2D eigenvalue weighted by Gasteiger charge is -2.50. The molecule has 15 nitrogen and oxygen atoms in total. The molecule has 316 valence electrons. The second-order valence-corrected chi connectivity index (χ2v) is 16.5. The van der Waals surface area contributed by atoms with Crippen molar-refractivity contribution in [2.45, 2.75) is 62.3 Å². The van der Waals surface area contributed by atoms with Crippen LogP contribution in [-0.2, 0) is 9.59 Å². The Kier molecular flexibility index (Phi) is 11.0. The molecular formula is C45H49FN10O5. The predicted octanol–water partition coefficient (Wildman–Crippen LogP) is 4.89. The number of carbonyl (C=O) groups excluding carboxylic acids is 4. The van der Waals surface area contributed by atoms with E-state index in [2.05, 4.69) is 25.1 Å². The molecule has 3 N–H and O–H groups in total. The molecule has 4 aliphatic rings. The van der Waals surface area contributed by atoms with Gasteiger partial charge < -0.3 is 25.5 Å². The Morgan fingerprint density at radius 1 is 0.934 bits per heavy atom. The van der Waals surface area contributed by atoms with Gasteiger partial charge in [0, 0.05) is 89.4 Å². The molecule has 0 bridgehead atoms. The van der Waals surface area contributed by atoms with Gasteiger partial charge in [-0.15, -0.1) is 0 Å². The number of benzene rings is 3. The van der Waals surface area contributed by atoms with Crippen LogP contribution in [0.25, 0.3) is 22.3 Å². The summed E-state index contributed by atoms with van der Waals surface area (Å²) in [6.07, 6.45) is 4.74. The second kappa shape index (κ2) is 16.7. The number of anilines is 2. The van der Waals surface area contributed by atoms with Crippen molar-refractivity contribution in [1.29, 1.82) is 0 Å². The van der Waals surface area contributed by atoms with Gasteiger partial charge in [-0.25, -0.2) is 19.0 Å². The van der Waals surface area contributed by atoms with Crippen LogP contribution in [0.5, 0.6) is 11.5 Å². The van der Waals surface area contributed by atoms with E-state index in [0.717, 1.165) is 83.4 Å². The zero-order chi connectivity index (χ0) is 42.3. The van der Waals surface area contributed by atoms with Gasteiger partial charge in [0.25, 0.3) is 11.8 Å². The lowest BCUT2D eigenvalue weighted by molar-refractivity contribution is -0.124. The molecule has 6 heterocycles. The number of likely N-dealkylation sites (tertiary alicyclic amines) is 2.